The number of hydrogen-bond acceptors (Lipinski definition) is 5. The Kier molecular flexibility index (Phi) is 3.96. The van der Waals surface area contributed by atoms with Gasteiger partial charge in [-0.25, -0.2) is 0 Å². The number of nitrogens with one attached hydrogen (secondary N) is 2. The Morgan fingerprint density at radius 1 is 1.33 bits per heavy atom. The van der Waals surface area contributed by atoms with E-state index >= 15 is 0 Å². The van der Waals surface area contributed by atoms with Crippen LogP contribution < -0.4 is 10.2 Å². The van der Waals surface area contributed by atoms with E-state index in [1.807, 2.05) is 7.05 Å². The van der Waals surface area contributed by atoms with E-state index < -0.39 is 0 Å². The third kappa shape index (κ3) is 2.37. The second-order valence-electron chi connectivity index (χ2n) is 4.19. The van der Waals surface area contributed by atoms with E-state index in [0.29, 0.717) is 5.95 Å². The molecule has 0 fully saturated rings. The molecule has 0 atom stereocenters. The molecule has 2 rings (SSSR count). The maximum atomic E-state index is 4.56. The van der Waals surface area contributed by atoms with Crippen molar-refractivity contribution in [1.29, 1.82) is 0 Å². The van der Waals surface area contributed by atoms with Gasteiger partial charge < -0.3 is 10.2 Å². The highest BCUT2D eigenvalue weighted by Crippen LogP contribution is 2.23. The first-order valence-corrected chi connectivity index (χ1v) is 6.44. The summed E-state index contributed by atoms with van der Waals surface area (Å²) in [5.74, 6) is 1.57. The van der Waals surface area contributed by atoms with E-state index in [4.69, 9.17) is 0 Å². The smallest absolute Gasteiger partial charge is 0.226 e. The van der Waals surface area contributed by atoms with E-state index in [9.17, 15) is 0 Å². The number of fused-ring (bicyclic) bond motifs is 1. The van der Waals surface area contributed by atoms with Crippen LogP contribution in [0.4, 0.5) is 11.8 Å². The number of anilines is 2. The van der Waals surface area contributed by atoms with Gasteiger partial charge in [0.25, 0.3) is 0 Å². The Morgan fingerprint density at radius 2 is 2.17 bits per heavy atom. The van der Waals surface area contributed by atoms with E-state index in [-0.39, 0.29) is 0 Å². The van der Waals surface area contributed by atoms with Crippen LogP contribution in [0.25, 0.3) is 11.0 Å². The lowest BCUT2D eigenvalue weighted by Crippen LogP contribution is -2.25. The highest BCUT2D eigenvalue weighted by molar-refractivity contribution is 5.87. The van der Waals surface area contributed by atoms with Gasteiger partial charge >= 0.3 is 0 Å². The monoisotopic (exact) mass is 248 g/mol. The van der Waals surface area contributed by atoms with E-state index in [2.05, 4.69) is 44.2 Å². The molecule has 0 aliphatic heterocycles. The lowest BCUT2D eigenvalue weighted by atomic mass is 10.3. The summed E-state index contributed by atoms with van der Waals surface area (Å²) in [6.45, 7) is 6.27. The fourth-order valence-corrected chi connectivity index (χ4v) is 1.94. The van der Waals surface area contributed by atoms with Crippen LogP contribution in [0.1, 0.15) is 26.7 Å². The third-order valence-corrected chi connectivity index (χ3v) is 2.98. The summed E-state index contributed by atoms with van der Waals surface area (Å²) in [7, 11) is 1.82. The average Bonchev–Trinajstić information content (AvgIpc) is 2.87. The van der Waals surface area contributed by atoms with Gasteiger partial charge in [-0.05, 0) is 13.3 Å². The molecule has 0 aromatic carbocycles. The first-order chi connectivity index (χ1) is 8.80. The molecule has 18 heavy (non-hydrogen) atoms. The molecule has 0 unspecified atom stereocenters. The minimum Gasteiger partial charge on any atom is -0.357 e. The third-order valence-electron chi connectivity index (χ3n) is 2.98. The SMILES string of the molecule is CCCCN(CC)c1nc(NC)nc2[nH]ncc12. The lowest BCUT2D eigenvalue weighted by molar-refractivity contribution is 0.726. The summed E-state index contributed by atoms with van der Waals surface area (Å²) in [6, 6.07) is 0. The predicted molar refractivity (Wildman–Crippen MR) is 74.0 cm³/mol. The van der Waals surface area contributed by atoms with Crippen molar-refractivity contribution in [2.75, 3.05) is 30.4 Å². The topological polar surface area (TPSA) is 69.7 Å². The van der Waals surface area contributed by atoms with Gasteiger partial charge in [0.1, 0.15) is 5.82 Å². The lowest BCUT2D eigenvalue weighted by Gasteiger charge is -2.22. The quantitative estimate of drug-likeness (QED) is 0.818. The number of aromatic amines is 1. The van der Waals surface area contributed by atoms with Gasteiger partial charge in [-0.1, -0.05) is 13.3 Å². The Labute approximate surface area is 107 Å². The molecule has 2 aromatic heterocycles. The number of H-pyrrole nitrogens is 1. The maximum absolute atomic E-state index is 4.56. The number of hydrogen-bond donors (Lipinski definition) is 2. The van der Waals surface area contributed by atoms with Crippen LogP contribution >= 0.6 is 0 Å². The zero-order valence-electron chi connectivity index (χ0n) is 11.2. The molecule has 0 spiro atoms. The molecule has 0 saturated carbocycles. The minimum absolute atomic E-state index is 0.622. The van der Waals surface area contributed by atoms with Gasteiger partial charge in [-0.2, -0.15) is 15.1 Å². The summed E-state index contributed by atoms with van der Waals surface area (Å²) in [6.07, 6.45) is 4.12. The van der Waals surface area contributed by atoms with Gasteiger partial charge in [0.2, 0.25) is 5.95 Å². The fourth-order valence-electron chi connectivity index (χ4n) is 1.94. The van der Waals surface area contributed by atoms with E-state index in [0.717, 1.165) is 36.4 Å². The molecule has 2 heterocycles. The average molecular weight is 248 g/mol. The van der Waals surface area contributed by atoms with Crippen molar-refractivity contribution < 1.29 is 0 Å². The van der Waals surface area contributed by atoms with Crippen molar-refractivity contribution in [3.05, 3.63) is 6.20 Å². The molecule has 0 aliphatic carbocycles. The van der Waals surface area contributed by atoms with Crippen molar-refractivity contribution in [3.8, 4) is 0 Å². The Morgan fingerprint density at radius 3 is 2.83 bits per heavy atom. The summed E-state index contributed by atoms with van der Waals surface area (Å²) in [4.78, 5) is 11.2. The van der Waals surface area contributed by atoms with Gasteiger partial charge in [-0.3, -0.25) is 5.10 Å². The van der Waals surface area contributed by atoms with Crippen LogP contribution in [-0.4, -0.2) is 40.3 Å². The molecule has 0 radical (unpaired) electrons. The molecule has 2 N–H and O–H groups in total. The van der Waals surface area contributed by atoms with Crippen LogP contribution in [0.15, 0.2) is 6.20 Å². The number of rotatable bonds is 6. The van der Waals surface area contributed by atoms with Gasteiger partial charge in [0.05, 0.1) is 11.6 Å². The summed E-state index contributed by atoms with van der Waals surface area (Å²) in [5, 5.41) is 10.9. The zero-order valence-corrected chi connectivity index (χ0v) is 11.2. The zero-order chi connectivity index (χ0) is 13.0. The largest absolute Gasteiger partial charge is 0.357 e. The molecule has 0 amide bonds. The molecule has 6 nitrogen and oxygen atoms in total. The predicted octanol–water partition coefficient (Wildman–Crippen LogP) is 2.02. The second kappa shape index (κ2) is 5.66. The van der Waals surface area contributed by atoms with E-state index in [1.165, 1.54) is 6.42 Å². The van der Waals surface area contributed by atoms with Crippen LogP contribution in [0.5, 0.6) is 0 Å². The first-order valence-electron chi connectivity index (χ1n) is 6.44. The van der Waals surface area contributed by atoms with Crippen LogP contribution in [0, 0.1) is 0 Å². The number of unbranched alkanes of at least 4 members (excludes halogenated alkanes) is 1. The normalized spacial score (nSPS) is 10.8. The number of aromatic nitrogens is 4. The van der Waals surface area contributed by atoms with E-state index in [1.54, 1.807) is 6.20 Å². The molecule has 6 heteroatoms. The van der Waals surface area contributed by atoms with Crippen LogP contribution in [0.3, 0.4) is 0 Å². The standard InChI is InChI=1S/C12H20N6/c1-4-6-7-18(5-2)11-9-8-14-17-10(9)15-12(13-3)16-11/h8H,4-7H2,1-3H3,(H2,13,14,15,16,17). The van der Waals surface area contributed by atoms with Gasteiger partial charge in [0.15, 0.2) is 5.65 Å². The highest BCUT2D eigenvalue weighted by atomic mass is 15.3. The molecule has 0 bridgehead atoms. The fraction of sp³-hybridized carbons (Fsp3) is 0.583. The second-order valence-corrected chi connectivity index (χ2v) is 4.19. The Bertz CT molecular complexity index is 506. The van der Waals surface area contributed by atoms with Crippen LogP contribution in [0.2, 0.25) is 0 Å². The molecule has 98 valence electrons. The molecular weight excluding hydrogens is 228 g/mol. The molecule has 0 saturated heterocycles. The van der Waals surface area contributed by atoms with Crippen molar-refractivity contribution in [1.82, 2.24) is 20.2 Å². The summed E-state index contributed by atoms with van der Waals surface area (Å²) >= 11 is 0. The summed E-state index contributed by atoms with van der Waals surface area (Å²) < 4.78 is 0. The van der Waals surface area contributed by atoms with Crippen LogP contribution in [-0.2, 0) is 0 Å². The molecule has 2 aromatic rings. The van der Waals surface area contributed by atoms with Gasteiger partial charge in [-0.15, -0.1) is 0 Å². The summed E-state index contributed by atoms with van der Waals surface area (Å²) in [5.41, 5.74) is 0.777. The first kappa shape index (κ1) is 12.6. The van der Waals surface area contributed by atoms with Gasteiger partial charge in [0, 0.05) is 20.1 Å². The highest BCUT2D eigenvalue weighted by Gasteiger charge is 2.13. The van der Waals surface area contributed by atoms with Crippen molar-refractivity contribution >= 4 is 22.8 Å². The minimum atomic E-state index is 0.622. The molecule has 0 aliphatic rings. The maximum Gasteiger partial charge on any atom is 0.226 e. The van der Waals surface area contributed by atoms with Crippen molar-refractivity contribution in [2.45, 2.75) is 26.7 Å². The van der Waals surface area contributed by atoms with Crippen molar-refractivity contribution in [2.24, 2.45) is 0 Å². The van der Waals surface area contributed by atoms with Crippen molar-refractivity contribution in [3.63, 3.8) is 0 Å². The number of nitrogens with zero attached hydrogens (tertiary/aromatic N) is 4. The Balaban J connectivity index is 2.42. The Hall–Kier alpha value is -1.85. The molecular formula is C12H20N6.